The van der Waals surface area contributed by atoms with E-state index in [1.54, 1.807) is 6.07 Å². The zero-order valence-electron chi connectivity index (χ0n) is 5.85. The molecule has 1 heterocycles. The van der Waals surface area contributed by atoms with Gasteiger partial charge in [-0.1, -0.05) is 0 Å². The smallest absolute Gasteiger partial charge is 0.309 e. The molecule has 0 atom stereocenters. The highest BCUT2D eigenvalue weighted by Crippen LogP contribution is 1.98. The molecule has 0 unspecified atom stereocenters. The minimum atomic E-state index is -0.711. The van der Waals surface area contributed by atoms with E-state index in [-0.39, 0.29) is 17.1 Å². The molecular formula is C6H4ClN3O2. The van der Waals surface area contributed by atoms with Crippen LogP contribution in [0.3, 0.4) is 0 Å². The molecule has 0 bridgehead atoms. The average Bonchev–Trinajstić information content (AvgIpc) is 2.03. The topological polar surface area (TPSA) is 89.5 Å². The van der Waals surface area contributed by atoms with Crippen molar-refractivity contribution in [3.63, 3.8) is 0 Å². The van der Waals surface area contributed by atoms with Crippen LogP contribution in [0.15, 0.2) is 9.59 Å². The third-order valence-corrected chi connectivity index (χ3v) is 1.53. The first-order valence-corrected chi connectivity index (χ1v) is 3.54. The summed E-state index contributed by atoms with van der Waals surface area (Å²) < 4.78 is 0. The first-order chi connectivity index (χ1) is 5.69. The van der Waals surface area contributed by atoms with E-state index in [1.807, 2.05) is 4.98 Å². The van der Waals surface area contributed by atoms with Crippen molar-refractivity contribution in [3.8, 4) is 6.07 Å². The molecule has 1 aromatic rings. The molecule has 0 radical (unpaired) electrons. The molecule has 2 N–H and O–H groups in total. The summed E-state index contributed by atoms with van der Waals surface area (Å²) in [5.41, 5.74) is -1.37. The second-order valence-corrected chi connectivity index (χ2v) is 2.27. The molecule has 0 saturated carbocycles. The lowest BCUT2D eigenvalue weighted by atomic mass is 10.3. The molecule has 1 rings (SSSR count). The number of nitriles is 1. The van der Waals surface area contributed by atoms with Crippen molar-refractivity contribution in [1.82, 2.24) is 9.97 Å². The minimum Gasteiger partial charge on any atom is -0.309 e. The van der Waals surface area contributed by atoms with Gasteiger partial charge in [0.25, 0.3) is 5.56 Å². The van der Waals surface area contributed by atoms with Crippen LogP contribution in [0, 0.1) is 11.3 Å². The van der Waals surface area contributed by atoms with Gasteiger partial charge in [-0.25, -0.2) is 4.79 Å². The number of nitrogens with one attached hydrogen (secondary N) is 2. The number of aromatic amines is 2. The molecule has 62 valence electrons. The first-order valence-electron chi connectivity index (χ1n) is 3.00. The summed E-state index contributed by atoms with van der Waals surface area (Å²) in [5.74, 6) is -0.0674. The molecule has 0 amide bonds. The van der Waals surface area contributed by atoms with Gasteiger partial charge in [0.15, 0.2) is 0 Å². The molecule has 5 nitrogen and oxygen atoms in total. The summed E-state index contributed by atoms with van der Waals surface area (Å²) in [7, 11) is 0. The van der Waals surface area contributed by atoms with Gasteiger partial charge in [-0.15, -0.1) is 11.6 Å². The zero-order chi connectivity index (χ0) is 9.14. The van der Waals surface area contributed by atoms with E-state index in [4.69, 9.17) is 16.9 Å². The van der Waals surface area contributed by atoms with Crippen LogP contribution in [0.1, 0.15) is 11.3 Å². The van der Waals surface area contributed by atoms with Crippen molar-refractivity contribution < 1.29 is 0 Å². The molecule has 0 spiro atoms. The Bertz CT molecular complexity index is 439. The molecule has 12 heavy (non-hydrogen) atoms. The van der Waals surface area contributed by atoms with E-state index < -0.39 is 11.2 Å². The lowest BCUT2D eigenvalue weighted by molar-refractivity contribution is 0.971. The van der Waals surface area contributed by atoms with Crippen molar-refractivity contribution in [1.29, 1.82) is 5.26 Å². The summed E-state index contributed by atoms with van der Waals surface area (Å²) in [6.07, 6.45) is 0. The third-order valence-electron chi connectivity index (χ3n) is 1.27. The molecule has 1 aromatic heterocycles. The number of alkyl halides is 1. The maximum absolute atomic E-state index is 10.9. The Kier molecular flexibility index (Phi) is 2.31. The van der Waals surface area contributed by atoms with Gasteiger partial charge >= 0.3 is 5.69 Å². The fourth-order valence-electron chi connectivity index (χ4n) is 0.752. The lowest BCUT2D eigenvalue weighted by Crippen LogP contribution is -2.26. The van der Waals surface area contributed by atoms with E-state index in [0.717, 1.165) is 0 Å². The number of H-pyrrole nitrogens is 2. The van der Waals surface area contributed by atoms with Crippen LogP contribution in [0.2, 0.25) is 0 Å². The van der Waals surface area contributed by atoms with E-state index in [1.165, 1.54) is 0 Å². The van der Waals surface area contributed by atoms with Gasteiger partial charge in [0.2, 0.25) is 0 Å². The molecular weight excluding hydrogens is 182 g/mol. The van der Waals surface area contributed by atoms with Gasteiger partial charge in [0, 0.05) is 0 Å². The van der Waals surface area contributed by atoms with E-state index in [0.29, 0.717) is 0 Å². The second kappa shape index (κ2) is 3.24. The monoisotopic (exact) mass is 185 g/mol. The van der Waals surface area contributed by atoms with Crippen LogP contribution in [-0.4, -0.2) is 9.97 Å². The van der Waals surface area contributed by atoms with Crippen LogP contribution in [0.4, 0.5) is 0 Å². The van der Waals surface area contributed by atoms with Crippen LogP contribution >= 0.6 is 11.6 Å². The fraction of sp³-hybridized carbons (Fsp3) is 0.167. The number of nitrogens with zero attached hydrogens (tertiary/aromatic N) is 1. The highest BCUT2D eigenvalue weighted by Gasteiger charge is 2.06. The molecule has 0 fully saturated rings. The summed E-state index contributed by atoms with van der Waals surface area (Å²) >= 11 is 5.38. The Hall–Kier alpha value is -1.54. The maximum Gasteiger partial charge on any atom is 0.326 e. The molecule has 0 saturated heterocycles. The lowest BCUT2D eigenvalue weighted by Gasteiger charge is -1.94. The van der Waals surface area contributed by atoms with Gasteiger partial charge in [-0.3, -0.25) is 9.78 Å². The number of halogens is 1. The summed E-state index contributed by atoms with van der Waals surface area (Å²) in [6, 6.07) is 1.64. The van der Waals surface area contributed by atoms with Crippen LogP contribution in [-0.2, 0) is 5.88 Å². The minimum absolute atomic E-state index is 0.0674. The summed E-state index contributed by atoms with van der Waals surface area (Å²) in [6.45, 7) is 0. The first kappa shape index (κ1) is 8.56. The Morgan fingerprint density at radius 1 is 1.42 bits per heavy atom. The molecule has 0 aliphatic rings. The fourth-order valence-corrected chi connectivity index (χ4v) is 0.952. The quantitative estimate of drug-likeness (QED) is 0.588. The van der Waals surface area contributed by atoms with Gasteiger partial charge in [-0.2, -0.15) is 5.26 Å². The summed E-state index contributed by atoms with van der Waals surface area (Å²) in [5, 5.41) is 8.47. The third kappa shape index (κ3) is 1.38. The normalized spacial score (nSPS) is 9.33. The Labute approximate surface area is 71.6 Å². The highest BCUT2D eigenvalue weighted by atomic mass is 35.5. The van der Waals surface area contributed by atoms with Crippen LogP contribution in [0.25, 0.3) is 0 Å². The second-order valence-electron chi connectivity index (χ2n) is 2.01. The molecule has 6 heteroatoms. The molecule has 0 aromatic carbocycles. The Balaban J connectivity index is 3.58. The van der Waals surface area contributed by atoms with Crippen LogP contribution in [0.5, 0.6) is 0 Å². The number of hydrogen-bond donors (Lipinski definition) is 2. The van der Waals surface area contributed by atoms with E-state index >= 15 is 0 Å². The van der Waals surface area contributed by atoms with Crippen molar-refractivity contribution in [2.75, 3.05) is 0 Å². The van der Waals surface area contributed by atoms with Crippen molar-refractivity contribution >= 4 is 11.6 Å². The van der Waals surface area contributed by atoms with Crippen LogP contribution < -0.4 is 11.2 Å². The predicted octanol–water partition coefficient (Wildman–Crippen LogP) is -0.326. The number of rotatable bonds is 1. The number of hydrogen-bond acceptors (Lipinski definition) is 3. The van der Waals surface area contributed by atoms with Gasteiger partial charge < -0.3 is 4.98 Å². The predicted molar refractivity (Wildman–Crippen MR) is 42.0 cm³/mol. The van der Waals surface area contributed by atoms with Crippen molar-refractivity contribution in [3.05, 3.63) is 32.1 Å². The SMILES string of the molecule is N#Cc1c(CCl)[nH]c(=O)[nH]c1=O. The van der Waals surface area contributed by atoms with Crippen molar-refractivity contribution in [2.24, 2.45) is 0 Å². The largest absolute Gasteiger partial charge is 0.326 e. The highest BCUT2D eigenvalue weighted by molar-refractivity contribution is 6.17. The van der Waals surface area contributed by atoms with Crippen molar-refractivity contribution in [2.45, 2.75) is 5.88 Å². The van der Waals surface area contributed by atoms with E-state index in [9.17, 15) is 9.59 Å². The molecule has 0 aliphatic heterocycles. The maximum atomic E-state index is 10.9. The van der Waals surface area contributed by atoms with E-state index in [2.05, 4.69) is 4.98 Å². The average molecular weight is 186 g/mol. The number of aromatic nitrogens is 2. The van der Waals surface area contributed by atoms with Gasteiger partial charge in [0.05, 0.1) is 11.6 Å². The zero-order valence-corrected chi connectivity index (χ0v) is 6.60. The molecule has 0 aliphatic carbocycles. The Morgan fingerprint density at radius 2 is 2.08 bits per heavy atom. The van der Waals surface area contributed by atoms with Gasteiger partial charge in [0.1, 0.15) is 11.6 Å². The Morgan fingerprint density at radius 3 is 2.58 bits per heavy atom. The standard InChI is InChI=1S/C6H4ClN3O2/c7-1-4-3(2-8)5(11)10-6(12)9-4/h1H2,(H2,9,10,11,12). The summed E-state index contributed by atoms with van der Waals surface area (Å²) in [4.78, 5) is 25.7. The van der Waals surface area contributed by atoms with Gasteiger partial charge in [-0.05, 0) is 0 Å².